The maximum Gasteiger partial charge on any atom is 0.170 e. The third kappa shape index (κ3) is 1.53. The molecule has 0 saturated heterocycles. The average Bonchev–Trinajstić information content (AvgIpc) is 2.45. The predicted octanol–water partition coefficient (Wildman–Crippen LogP) is 3.07. The summed E-state index contributed by atoms with van der Waals surface area (Å²) in [4.78, 5) is 0. The molecule has 0 aliphatic carbocycles. The second kappa shape index (κ2) is 3.07. The largest absolute Gasteiger partial charge is 0.456 e. The van der Waals surface area contributed by atoms with Crippen LogP contribution in [0.2, 0.25) is 0 Å². The highest BCUT2D eigenvalue weighted by Crippen LogP contribution is 2.32. The summed E-state index contributed by atoms with van der Waals surface area (Å²) in [5.41, 5.74) is 6.58. The lowest BCUT2D eigenvalue weighted by Gasteiger charge is -2.15. The number of furan rings is 1. The van der Waals surface area contributed by atoms with Crippen molar-refractivity contribution < 1.29 is 8.81 Å². The van der Waals surface area contributed by atoms with Crippen LogP contribution in [0.4, 0.5) is 4.39 Å². The van der Waals surface area contributed by atoms with Gasteiger partial charge in [0.05, 0.1) is 5.54 Å². The zero-order chi connectivity index (χ0) is 11.2. The quantitative estimate of drug-likeness (QED) is 0.780. The van der Waals surface area contributed by atoms with Crippen LogP contribution in [0.5, 0.6) is 0 Å². The fourth-order valence-electron chi connectivity index (χ4n) is 1.82. The summed E-state index contributed by atoms with van der Waals surface area (Å²) < 4.78 is 18.9. The fourth-order valence-corrected chi connectivity index (χ4v) is 1.82. The standard InChI is InChI=1S/C12H14FNO/c1-7-8-5-4-6-9(13)10(8)15-11(7)12(2,3)14/h4-6H,14H2,1-3H3. The smallest absolute Gasteiger partial charge is 0.170 e. The van der Waals surface area contributed by atoms with E-state index in [0.29, 0.717) is 11.3 Å². The molecule has 0 aliphatic heterocycles. The van der Waals surface area contributed by atoms with Gasteiger partial charge >= 0.3 is 0 Å². The van der Waals surface area contributed by atoms with Crippen LogP contribution in [-0.4, -0.2) is 0 Å². The Bertz CT molecular complexity index is 508. The number of benzene rings is 1. The van der Waals surface area contributed by atoms with Crippen LogP contribution in [0, 0.1) is 12.7 Å². The van der Waals surface area contributed by atoms with Gasteiger partial charge in [-0.1, -0.05) is 12.1 Å². The Balaban J connectivity index is 2.81. The molecule has 0 unspecified atom stereocenters. The Labute approximate surface area is 87.9 Å². The number of hydrogen-bond donors (Lipinski definition) is 1. The van der Waals surface area contributed by atoms with Gasteiger partial charge in [0.15, 0.2) is 11.4 Å². The van der Waals surface area contributed by atoms with E-state index >= 15 is 0 Å². The van der Waals surface area contributed by atoms with E-state index in [4.69, 9.17) is 10.2 Å². The van der Waals surface area contributed by atoms with E-state index < -0.39 is 5.54 Å². The third-order valence-electron chi connectivity index (χ3n) is 2.50. The van der Waals surface area contributed by atoms with Crippen molar-refractivity contribution in [1.82, 2.24) is 0 Å². The van der Waals surface area contributed by atoms with Crippen LogP contribution in [-0.2, 0) is 5.54 Å². The lowest BCUT2D eigenvalue weighted by atomic mass is 9.99. The zero-order valence-corrected chi connectivity index (χ0v) is 9.10. The Kier molecular flexibility index (Phi) is 2.08. The number of rotatable bonds is 1. The van der Waals surface area contributed by atoms with Crippen molar-refractivity contribution in [2.45, 2.75) is 26.3 Å². The molecule has 0 saturated carbocycles. The number of halogens is 1. The van der Waals surface area contributed by atoms with Crippen LogP contribution >= 0.6 is 0 Å². The van der Waals surface area contributed by atoms with Crippen LogP contribution in [0.1, 0.15) is 25.2 Å². The first-order chi connectivity index (χ1) is 6.91. The number of aryl methyl sites for hydroxylation is 1. The van der Waals surface area contributed by atoms with Crippen molar-refractivity contribution >= 4 is 11.0 Å². The molecule has 0 fully saturated rings. The first kappa shape index (κ1) is 10.2. The summed E-state index contributed by atoms with van der Waals surface area (Å²) in [6.45, 7) is 5.58. The van der Waals surface area contributed by atoms with Gasteiger partial charge in [0.25, 0.3) is 0 Å². The molecule has 1 aromatic carbocycles. The Morgan fingerprint density at radius 3 is 2.53 bits per heavy atom. The molecule has 0 amide bonds. The normalized spacial score (nSPS) is 12.3. The van der Waals surface area contributed by atoms with Crippen LogP contribution in [0.25, 0.3) is 11.0 Å². The predicted molar refractivity (Wildman–Crippen MR) is 58.1 cm³/mol. The molecule has 3 heteroatoms. The number of nitrogens with two attached hydrogens (primary N) is 1. The van der Waals surface area contributed by atoms with Crippen molar-refractivity contribution in [2.75, 3.05) is 0 Å². The number of para-hydroxylation sites is 1. The van der Waals surface area contributed by atoms with Gasteiger partial charge in [-0.25, -0.2) is 4.39 Å². The molecule has 0 atom stereocenters. The van der Waals surface area contributed by atoms with E-state index in [0.717, 1.165) is 10.9 Å². The fraction of sp³-hybridized carbons (Fsp3) is 0.333. The molecule has 80 valence electrons. The van der Waals surface area contributed by atoms with Crippen LogP contribution < -0.4 is 5.73 Å². The number of fused-ring (bicyclic) bond motifs is 1. The van der Waals surface area contributed by atoms with Gasteiger partial charge in [0.1, 0.15) is 5.76 Å². The van der Waals surface area contributed by atoms with E-state index in [1.54, 1.807) is 6.07 Å². The minimum Gasteiger partial charge on any atom is -0.456 e. The maximum absolute atomic E-state index is 13.4. The van der Waals surface area contributed by atoms with E-state index in [2.05, 4.69) is 0 Å². The van der Waals surface area contributed by atoms with Crippen molar-refractivity contribution in [3.63, 3.8) is 0 Å². The molecule has 0 aliphatic rings. The lowest BCUT2D eigenvalue weighted by Crippen LogP contribution is -2.28. The maximum atomic E-state index is 13.4. The molecular weight excluding hydrogens is 193 g/mol. The highest BCUT2D eigenvalue weighted by molar-refractivity contribution is 5.82. The third-order valence-corrected chi connectivity index (χ3v) is 2.50. The summed E-state index contributed by atoms with van der Waals surface area (Å²) in [6, 6.07) is 4.90. The van der Waals surface area contributed by atoms with E-state index in [1.807, 2.05) is 26.8 Å². The van der Waals surface area contributed by atoms with Gasteiger partial charge in [-0.3, -0.25) is 0 Å². The van der Waals surface area contributed by atoms with Crippen LogP contribution in [0.3, 0.4) is 0 Å². The summed E-state index contributed by atoms with van der Waals surface area (Å²) in [5, 5.41) is 0.795. The molecular formula is C12H14FNO. The Morgan fingerprint density at radius 2 is 2.00 bits per heavy atom. The summed E-state index contributed by atoms with van der Waals surface area (Å²) in [6.07, 6.45) is 0. The topological polar surface area (TPSA) is 39.2 Å². The summed E-state index contributed by atoms with van der Waals surface area (Å²) >= 11 is 0. The van der Waals surface area contributed by atoms with Crippen LogP contribution in [0.15, 0.2) is 22.6 Å². The van der Waals surface area contributed by atoms with E-state index in [-0.39, 0.29) is 5.82 Å². The summed E-state index contributed by atoms with van der Waals surface area (Å²) in [7, 11) is 0. The molecule has 2 N–H and O–H groups in total. The van der Waals surface area contributed by atoms with Crippen molar-refractivity contribution in [1.29, 1.82) is 0 Å². The number of hydrogen-bond acceptors (Lipinski definition) is 2. The molecule has 15 heavy (non-hydrogen) atoms. The van der Waals surface area contributed by atoms with Gasteiger partial charge in [-0.05, 0) is 26.8 Å². The molecule has 0 bridgehead atoms. The molecule has 0 radical (unpaired) electrons. The molecule has 2 aromatic rings. The molecule has 2 rings (SSSR count). The van der Waals surface area contributed by atoms with Gasteiger partial charge in [-0.15, -0.1) is 0 Å². The Morgan fingerprint density at radius 1 is 1.33 bits per heavy atom. The molecule has 2 nitrogen and oxygen atoms in total. The Hall–Kier alpha value is -1.35. The highest BCUT2D eigenvalue weighted by Gasteiger charge is 2.24. The van der Waals surface area contributed by atoms with Gasteiger partial charge in [0.2, 0.25) is 0 Å². The monoisotopic (exact) mass is 207 g/mol. The van der Waals surface area contributed by atoms with Crippen molar-refractivity contribution in [2.24, 2.45) is 5.73 Å². The highest BCUT2D eigenvalue weighted by atomic mass is 19.1. The average molecular weight is 207 g/mol. The molecule has 1 aromatic heterocycles. The first-order valence-electron chi connectivity index (χ1n) is 4.88. The summed E-state index contributed by atoms with van der Waals surface area (Å²) in [5.74, 6) is 0.300. The SMILES string of the molecule is Cc1c(C(C)(C)N)oc2c(F)cccc12. The molecule has 0 spiro atoms. The van der Waals surface area contributed by atoms with E-state index in [1.165, 1.54) is 6.07 Å². The van der Waals surface area contributed by atoms with Gasteiger partial charge < -0.3 is 10.2 Å². The van der Waals surface area contributed by atoms with Gasteiger partial charge in [0, 0.05) is 10.9 Å². The van der Waals surface area contributed by atoms with Crippen molar-refractivity contribution in [3.05, 3.63) is 35.3 Å². The zero-order valence-electron chi connectivity index (χ0n) is 9.10. The minimum atomic E-state index is -0.588. The lowest BCUT2D eigenvalue weighted by molar-refractivity contribution is 0.403. The minimum absolute atomic E-state index is 0.295. The second-order valence-corrected chi connectivity index (χ2v) is 4.39. The van der Waals surface area contributed by atoms with E-state index in [9.17, 15) is 4.39 Å². The van der Waals surface area contributed by atoms with Crippen molar-refractivity contribution in [3.8, 4) is 0 Å². The van der Waals surface area contributed by atoms with Gasteiger partial charge in [-0.2, -0.15) is 0 Å². The first-order valence-corrected chi connectivity index (χ1v) is 4.88. The molecule has 1 heterocycles. The second-order valence-electron chi connectivity index (χ2n) is 4.39.